The third-order valence-electron chi connectivity index (χ3n) is 4.84. The molecule has 2 aliphatic heterocycles. The van der Waals surface area contributed by atoms with Crippen molar-refractivity contribution < 1.29 is 9.53 Å². The van der Waals surface area contributed by atoms with Crippen molar-refractivity contribution in [3.05, 3.63) is 24.3 Å². The summed E-state index contributed by atoms with van der Waals surface area (Å²) in [5.41, 5.74) is 2.11. The summed E-state index contributed by atoms with van der Waals surface area (Å²) in [5.74, 6) is 0.0142. The molecule has 6 heteroatoms. The second-order valence-electron chi connectivity index (χ2n) is 6.77. The van der Waals surface area contributed by atoms with E-state index >= 15 is 0 Å². The fourth-order valence-electron chi connectivity index (χ4n) is 3.39. The van der Waals surface area contributed by atoms with Crippen LogP contribution >= 0.6 is 0 Å². The standard InChI is InChI=1S/C19H30N4O2/c24-19(16-20-8-3-9-22-12-14-25-15-13-22)21-17-4-6-18(7-5-17)23-10-1-2-11-23/h4-7,20H,1-3,8-16H2,(H,21,24). The van der Waals surface area contributed by atoms with Gasteiger partial charge in [0.2, 0.25) is 5.91 Å². The van der Waals surface area contributed by atoms with Crippen molar-refractivity contribution in [1.29, 1.82) is 0 Å². The molecule has 1 amide bonds. The largest absolute Gasteiger partial charge is 0.379 e. The van der Waals surface area contributed by atoms with Crippen LogP contribution in [-0.4, -0.2) is 69.8 Å². The van der Waals surface area contributed by atoms with Crippen LogP contribution in [0, 0.1) is 0 Å². The van der Waals surface area contributed by atoms with Gasteiger partial charge in [-0.05, 0) is 56.6 Å². The minimum absolute atomic E-state index is 0.0142. The third-order valence-corrected chi connectivity index (χ3v) is 4.84. The topological polar surface area (TPSA) is 56.8 Å². The number of anilines is 2. The highest BCUT2D eigenvalue weighted by atomic mass is 16.5. The van der Waals surface area contributed by atoms with Gasteiger partial charge in [-0.25, -0.2) is 0 Å². The Labute approximate surface area is 150 Å². The average Bonchev–Trinajstić information content (AvgIpc) is 3.18. The minimum Gasteiger partial charge on any atom is -0.379 e. The molecule has 0 unspecified atom stereocenters. The zero-order valence-electron chi connectivity index (χ0n) is 15.0. The van der Waals surface area contributed by atoms with E-state index in [1.165, 1.54) is 18.5 Å². The lowest BCUT2D eigenvalue weighted by Crippen LogP contribution is -2.38. The summed E-state index contributed by atoms with van der Waals surface area (Å²) in [7, 11) is 0. The number of rotatable bonds is 8. The lowest BCUT2D eigenvalue weighted by atomic mass is 10.2. The predicted molar refractivity (Wildman–Crippen MR) is 101 cm³/mol. The summed E-state index contributed by atoms with van der Waals surface area (Å²) in [5, 5.41) is 6.18. The molecular formula is C19H30N4O2. The first-order chi connectivity index (χ1) is 12.3. The molecule has 0 aromatic heterocycles. The highest BCUT2D eigenvalue weighted by molar-refractivity contribution is 5.92. The Balaban J connectivity index is 1.29. The Morgan fingerprint density at radius 1 is 1.04 bits per heavy atom. The van der Waals surface area contributed by atoms with Crippen LogP contribution in [0.3, 0.4) is 0 Å². The van der Waals surface area contributed by atoms with E-state index in [2.05, 4.69) is 32.6 Å². The Bertz CT molecular complexity index is 523. The molecule has 2 fully saturated rings. The summed E-state index contributed by atoms with van der Waals surface area (Å²) in [6.45, 7) is 8.28. The summed E-state index contributed by atoms with van der Waals surface area (Å²) >= 11 is 0. The fraction of sp³-hybridized carbons (Fsp3) is 0.632. The van der Waals surface area contributed by atoms with Crippen molar-refractivity contribution >= 4 is 17.3 Å². The van der Waals surface area contributed by atoms with Crippen LogP contribution in [-0.2, 0) is 9.53 Å². The van der Waals surface area contributed by atoms with Crippen molar-refractivity contribution in [1.82, 2.24) is 10.2 Å². The molecule has 138 valence electrons. The lowest BCUT2D eigenvalue weighted by Gasteiger charge is -2.26. The smallest absolute Gasteiger partial charge is 0.238 e. The molecular weight excluding hydrogens is 316 g/mol. The summed E-state index contributed by atoms with van der Waals surface area (Å²) in [6.07, 6.45) is 3.60. The number of hydrogen-bond donors (Lipinski definition) is 2. The van der Waals surface area contributed by atoms with Gasteiger partial charge in [0.25, 0.3) is 0 Å². The van der Waals surface area contributed by atoms with Crippen LogP contribution in [0.2, 0.25) is 0 Å². The van der Waals surface area contributed by atoms with Gasteiger partial charge in [0.1, 0.15) is 0 Å². The first-order valence-electron chi connectivity index (χ1n) is 9.47. The quantitative estimate of drug-likeness (QED) is 0.699. The number of nitrogens with zero attached hydrogens (tertiary/aromatic N) is 2. The molecule has 2 N–H and O–H groups in total. The maximum absolute atomic E-state index is 12.0. The van der Waals surface area contributed by atoms with Crippen molar-refractivity contribution in [3.63, 3.8) is 0 Å². The molecule has 0 radical (unpaired) electrons. The summed E-state index contributed by atoms with van der Waals surface area (Å²) in [6, 6.07) is 8.17. The molecule has 1 aromatic rings. The number of amides is 1. The maximum atomic E-state index is 12.0. The van der Waals surface area contributed by atoms with Gasteiger partial charge in [-0.2, -0.15) is 0 Å². The SMILES string of the molecule is O=C(CNCCCN1CCOCC1)Nc1ccc(N2CCCC2)cc1. The van der Waals surface area contributed by atoms with Crippen molar-refractivity contribution in [2.24, 2.45) is 0 Å². The van der Waals surface area contributed by atoms with Crippen molar-refractivity contribution in [2.45, 2.75) is 19.3 Å². The summed E-state index contributed by atoms with van der Waals surface area (Å²) in [4.78, 5) is 16.8. The number of carbonyl (C=O) groups excluding carboxylic acids is 1. The molecule has 2 heterocycles. The third kappa shape index (κ3) is 5.99. The first kappa shape index (κ1) is 18.2. The van der Waals surface area contributed by atoms with E-state index in [0.29, 0.717) is 6.54 Å². The number of hydrogen-bond acceptors (Lipinski definition) is 5. The molecule has 0 atom stereocenters. The molecule has 3 rings (SSSR count). The Kier molecular flexibility index (Phi) is 7.09. The van der Waals surface area contributed by atoms with E-state index in [0.717, 1.165) is 64.6 Å². The van der Waals surface area contributed by atoms with Crippen LogP contribution in [0.1, 0.15) is 19.3 Å². The van der Waals surface area contributed by atoms with Crippen LogP contribution in [0.25, 0.3) is 0 Å². The van der Waals surface area contributed by atoms with Gasteiger partial charge in [0, 0.05) is 37.6 Å². The molecule has 2 saturated heterocycles. The van der Waals surface area contributed by atoms with Crippen LogP contribution in [0.4, 0.5) is 11.4 Å². The molecule has 0 spiro atoms. The van der Waals surface area contributed by atoms with Crippen LogP contribution < -0.4 is 15.5 Å². The molecule has 0 bridgehead atoms. The Morgan fingerprint density at radius 2 is 1.76 bits per heavy atom. The molecule has 25 heavy (non-hydrogen) atoms. The second kappa shape index (κ2) is 9.75. The van der Waals surface area contributed by atoms with Gasteiger partial charge >= 0.3 is 0 Å². The highest BCUT2D eigenvalue weighted by Gasteiger charge is 2.12. The average molecular weight is 346 g/mol. The first-order valence-corrected chi connectivity index (χ1v) is 9.47. The van der Waals surface area contributed by atoms with Crippen LogP contribution in [0.5, 0.6) is 0 Å². The van der Waals surface area contributed by atoms with E-state index in [1.54, 1.807) is 0 Å². The Morgan fingerprint density at radius 3 is 2.48 bits per heavy atom. The molecule has 0 aliphatic carbocycles. The van der Waals surface area contributed by atoms with E-state index in [9.17, 15) is 4.79 Å². The van der Waals surface area contributed by atoms with Gasteiger partial charge in [0.05, 0.1) is 19.8 Å². The zero-order chi connectivity index (χ0) is 17.3. The number of benzene rings is 1. The van der Waals surface area contributed by atoms with Crippen molar-refractivity contribution in [3.8, 4) is 0 Å². The predicted octanol–water partition coefficient (Wildman–Crippen LogP) is 1.54. The van der Waals surface area contributed by atoms with Crippen molar-refractivity contribution in [2.75, 3.05) is 69.2 Å². The molecule has 1 aromatic carbocycles. The number of morpholine rings is 1. The normalized spacial score (nSPS) is 18.5. The highest BCUT2D eigenvalue weighted by Crippen LogP contribution is 2.21. The monoisotopic (exact) mass is 346 g/mol. The number of nitrogens with one attached hydrogen (secondary N) is 2. The summed E-state index contributed by atoms with van der Waals surface area (Å²) < 4.78 is 5.34. The maximum Gasteiger partial charge on any atom is 0.238 e. The van der Waals surface area contributed by atoms with Gasteiger partial charge in [-0.15, -0.1) is 0 Å². The van der Waals surface area contributed by atoms with Gasteiger partial charge in [-0.3, -0.25) is 9.69 Å². The van der Waals surface area contributed by atoms with Crippen LogP contribution in [0.15, 0.2) is 24.3 Å². The number of carbonyl (C=O) groups is 1. The van der Waals surface area contributed by atoms with Gasteiger partial charge < -0.3 is 20.3 Å². The Hall–Kier alpha value is -1.63. The zero-order valence-corrected chi connectivity index (χ0v) is 15.0. The van der Waals surface area contributed by atoms with Gasteiger partial charge in [-0.1, -0.05) is 0 Å². The minimum atomic E-state index is 0.0142. The van der Waals surface area contributed by atoms with E-state index in [-0.39, 0.29) is 5.91 Å². The molecule has 0 saturated carbocycles. The fourth-order valence-corrected chi connectivity index (χ4v) is 3.39. The molecule has 6 nitrogen and oxygen atoms in total. The van der Waals surface area contributed by atoms with E-state index in [1.807, 2.05) is 12.1 Å². The van der Waals surface area contributed by atoms with E-state index < -0.39 is 0 Å². The second-order valence-corrected chi connectivity index (χ2v) is 6.77. The van der Waals surface area contributed by atoms with Gasteiger partial charge in [0.15, 0.2) is 0 Å². The van der Waals surface area contributed by atoms with E-state index in [4.69, 9.17) is 4.74 Å². The molecule has 2 aliphatic rings. The lowest BCUT2D eigenvalue weighted by molar-refractivity contribution is -0.115. The number of ether oxygens (including phenoxy) is 1.